The Bertz CT molecular complexity index is 839. The largest absolute Gasteiger partial charge is 0.380 e. The van der Waals surface area contributed by atoms with Crippen LogP contribution in [0, 0.1) is 12.3 Å². The minimum absolute atomic E-state index is 0.192. The lowest BCUT2D eigenvalue weighted by Gasteiger charge is -2.32. The van der Waals surface area contributed by atoms with Crippen LogP contribution < -0.4 is 0 Å². The van der Waals surface area contributed by atoms with Crippen molar-refractivity contribution in [3.05, 3.63) is 52.6 Å². The van der Waals surface area contributed by atoms with E-state index in [2.05, 4.69) is 13.0 Å². The molecule has 26 heavy (non-hydrogen) atoms. The van der Waals surface area contributed by atoms with Crippen LogP contribution in [0.25, 0.3) is 0 Å². The number of fused-ring (bicyclic) bond motifs is 1. The first kappa shape index (κ1) is 19.3. The van der Waals surface area contributed by atoms with Gasteiger partial charge in [-0.1, -0.05) is 30.7 Å². The van der Waals surface area contributed by atoms with Crippen LogP contribution in [0.15, 0.2) is 52.0 Å². The van der Waals surface area contributed by atoms with Crippen molar-refractivity contribution < 1.29 is 17.9 Å². The van der Waals surface area contributed by atoms with Crippen molar-refractivity contribution in [3.63, 3.8) is 0 Å². The summed E-state index contributed by atoms with van der Waals surface area (Å²) in [6.45, 7) is 6.07. The molecule has 0 spiro atoms. The third-order valence-electron chi connectivity index (χ3n) is 5.33. The molecule has 5 nitrogen and oxygen atoms in total. The van der Waals surface area contributed by atoms with E-state index in [-0.39, 0.29) is 5.41 Å². The summed E-state index contributed by atoms with van der Waals surface area (Å²) in [4.78, 5) is 0.355. The maximum atomic E-state index is 13.1. The second-order valence-corrected chi connectivity index (χ2v) is 9.43. The molecule has 1 aromatic rings. The molecule has 2 aliphatic rings. The molecule has 142 valence electrons. The highest BCUT2D eigenvalue weighted by Crippen LogP contribution is 2.46. The molecule has 0 bridgehead atoms. The molecule has 1 aliphatic heterocycles. The van der Waals surface area contributed by atoms with Crippen molar-refractivity contribution in [2.75, 3.05) is 40.5 Å². The lowest BCUT2D eigenvalue weighted by Crippen LogP contribution is -2.32. The van der Waals surface area contributed by atoms with Gasteiger partial charge in [0.25, 0.3) is 0 Å². The standard InChI is InChI=1S/C20H27NO4S/c1-15-5-7-19(8-6-15)26(22,23)21-11-18-9-16(12-24-3)17(13-25-4)10-20(18,2)14-21/h5-9H,10-14H2,1-4H3/t20-/m0/s1. The van der Waals surface area contributed by atoms with E-state index in [1.807, 2.05) is 19.1 Å². The fraction of sp³-hybridized carbons (Fsp3) is 0.500. The first-order valence-corrected chi connectivity index (χ1v) is 10.2. The third-order valence-corrected chi connectivity index (χ3v) is 7.14. The van der Waals surface area contributed by atoms with Gasteiger partial charge in [-0.05, 0) is 42.2 Å². The number of rotatable bonds is 6. The molecule has 1 atom stereocenters. The second-order valence-electron chi connectivity index (χ2n) is 7.49. The van der Waals surface area contributed by atoms with Crippen molar-refractivity contribution in [3.8, 4) is 0 Å². The number of nitrogens with zero attached hydrogens (tertiary/aromatic N) is 1. The Morgan fingerprint density at radius 3 is 2.38 bits per heavy atom. The number of methoxy groups -OCH3 is 2. The summed E-state index contributed by atoms with van der Waals surface area (Å²) in [5.41, 5.74) is 4.31. The zero-order valence-electron chi connectivity index (χ0n) is 15.9. The minimum atomic E-state index is -3.50. The molecule has 0 aromatic heterocycles. The van der Waals surface area contributed by atoms with Crippen LogP contribution in [0.2, 0.25) is 0 Å². The Morgan fingerprint density at radius 2 is 1.77 bits per heavy atom. The minimum Gasteiger partial charge on any atom is -0.380 e. The van der Waals surface area contributed by atoms with Gasteiger partial charge >= 0.3 is 0 Å². The van der Waals surface area contributed by atoms with Crippen LogP contribution in [0.3, 0.4) is 0 Å². The molecule has 0 amide bonds. The number of sulfonamides is 1. The van der Waals surface area contributed by atoms with Crippen molar-refractivity contribution in [2.45, 2.75) is 25.2 Å². The van der Waals surface area contributed by atoms with E-state index in [0.29, 0.717) is 31.2 Å². The van der Waals surface area contributed by atoms with Gasteiger partial charge in [-0.3, -0.25) is 0 Å². The Kier molecular flexibility index (Phi) is 5.40. The summed E-state index contributed by atoms with van der Waals surface area (Å²) in [5, 5.41) is 0. The van der Waals surface area contributed by atoms with Crippen molar-refractivity contribution in [1.82, 2.24) is 4.31 Å². The molecule has 0 radical (unpaired) electrons. The van der Waals surface area contributed by atoms with Crippen LogP contribution in [0.1, 0.15) is 18.9 Å². The van der Waals surface area contributed by atoms with Crippen LogP contribution in [0.4, 0.5) is 0 Å². The Labute approximate surface area is 156 Å². The van der Waals surface area contributed by atoms with Crippen LogP contribution in [-0.4, -0.2) is 53.2 Å². The van der Waals surface area contributed by atoms with Crippen LogP contribution in [0.5, 0.6) is 0 Å². The molecule has 3 rings (SSSR count). The topological polar surface area (TPSA) is 55.8 Å². The molecule has 6 heteroatoms. The lowest BCUT2D eigenvalue weighted by molar-refractivity contribution is 0.202. The van der Waals surface area contributed by atoms with Gasteiger partial charge in [0.05, 0.1) is 18.1 Å². The summed E-state index contributed by atoms with van der Waals surface area (Å²) < 4.78 is 38.4. The van der Waals surface area contributed by atoms with Gasteiger partial charge in [0.15, 0.2) is 0 Å². The normalized spacial score (nSPS) is 23.9. The fourth-order valence-electron chi connectivity index (χ4n) is 3.86. The monoisotopic (exact) mass is 377 g/mol. The molecule has 0 N–H and O–H groups in total. The predicted molar refractivity (Wildman–Crippen MR) is 102 cm³/mol. The van der Waals surface area contributed by atoms with Gasteiger partial charge in [-0.25, -0.2) is 8.42 Å². The molecule has 1 aromatic carbocycles. The van der Waals surface area contributed by atoms with Gasteiger partial charge in [0.2, 0.25) is 10.0 Å². The van der Waals surface area contributed by atoms with E-state index in [4.69, 9.17) is 9.47 Å². The highest BCUT2D eigenvalue weighted by atomic mass is 32.2. The van der Waals surface area contributed by atoms with Crippen molar-refractivity contribution >= 4 is 10.0 Å². The van der Waals surface area contributed by atoms with Crippen molar-refractivity contribution in [1.29, 1.82) is 0 Å². The Hall–Kier alpha value is -1.47. The van der Waals surface area contributed by atoms with Crippen LogP contribution >= 0.6 is 0 Å². The number of benzene rings is 1. The maximum absolute atomic E-state index is 13.1. The van der Waals surface area contributed by atoms with Crippen LogP contribution in [-0.2, 0) is 19.5 Å². The molecule has 0 unspecified atom stereocenters. The summed E-state index contributed by atoms with van der Waals surface area (Å²) in [6, 6.07) is 7.06. The van der Waals surface area contributed by atoms with E-state index < -0.39 is 10.0 Å². The highest BCUT2D eigenvalue weighted by Gasteiger charge is 2.45. The Balaban J connectivity index is 1.90. The third kappa shape index (κ3) is 3.51. The van der Waals surface area contributed by atoms with Gasteiger partial charge in [0, 0.05) is 32.7 Å². The Morgan fingerprint density at radius 1 is 1.12 bits per heavy atom. The van der Waals surface area contributed by atoms with E-state index >= 15 is 0 Å². The smallest absolute Gasteiger partial charge is 0.243 e. The van der Waals surface area contributed by atoms with Gasteiger partial charge in [0.1, 0.15) is 0 Å². The summed E-state index contributed by atoms with van der Waals surface area (Å²) in [5.74, 6) is 0. The number of ether oxygens (including phenoxy) is 2. The average Bonchev–Trinajstić information content (AvgIpc) is 2.93. The van der Waals surface area contributed by atoms with E-state index in [1.165, 1.54) is 5.57 Å². The SMILES string of the molecule is COCC1=C(COC)C[C@@]2(C)CN(S(=O)(=O)c3ccc(C)cc3)CC2=C1. The molecule has 1 heterocycles. The average molecular weight is 378 g/mol. The maximum Gasteiger partial charge on any atom is 0.243 e. The van der Waals surface area contributed by atoms with Crippen molar-refractivity contribution in [2.24, 2.45) is 5.41 Å². The van der Waals surface area contributed by atoms with E-state index in [9.17, 15) is 8.42 Å². The summed E-state index contributed by atoms with van der Waals surface area (Å²) >= 11 is 0. The molecule has 1 saturated heterocycles. The summed E-state index contributed by atoms with van der Waals surface area (Å²) in [7, 11) is -0.144. The quantitative estimate of drug-likeness (QED) is 0.765. The lowest BCUT2D eigenvalue weighted by atomic mass is 9.74. The highest BCUT2D eigenvalue weighted by molar-refractivity contribution is 7.89. The predicted octanol–water partition coefficient (Wildman–Crippen LogP) is 2.93. The number of hydrogen-bond acceptors (Lipinski definition) is 4. The second kappa shape index (κ2) is 7.27. The first-order chi connectivity index (χ1) is 12.3. The zero-order valence-corrected chi connectivity index (χ0v) is 16.7. The molecular weight excluding hydrogens is 350 g/mol. The molecule has 0 saturated carbocycles. The fourth-order valence-corrected chi connectivity index (χ4v) is 5.40. The van der Waals surface area contributed by atoms with Gasteiger partial charge in [-0.2, -0.15) is 4.31 Å². The summed E-state index contributed by atoms with van der Waals surface area (Å²) in [6.07, 6.45) is 2.91. The molecule has 1 fully saturated rings. The van der Waals surface area contributed by atoms with Gasteiger partial charge < -0.3 is 9.47 Å². The molecule has 1 aliphatic carbocycles. The number of aryl methyl sites for hydroxylation is 1. The molecular formula is C20H27NO4S. The van der Waals surface area contributed by atoms with E-state index in [0.717, 1.165) is 23.1 Å². The zero-order chi connectivity index (χ0) is 18.9. The number of hydrogen-bond donors (Lipinski definition) is 0. The first-order valence-electron chi connectivity index (χ1n) is 8.77. The van der Waals surface area contributed by atoms with E-state index in [1.54, 1.807) is 30.7 Å². The van der Waals surface area contributed by atoms with Gasteiger partial charge in [-0.15, -0.1) is 0 Å².